The predicted octanol–water partition coefficient (Wildman–Crippen LogP) is 5.85. The molecule has 2 aromatic heterocycles. The van der Waals surface area contributed by atoms with Crippen LogP contribution in [0.25, 0.3) is 22.0 Å². The highest BCUT2D eigenvalue weighted by atomic mass is 16.2. The second kappa shape index (κ2) is 6.96. The van der Waals surface area contributed by atoms with Crippen LogP contribution in [0.15, 0.2) is 67.0 Å². The molecule has 2 aromatic carbocycles. The summed E-state index contributed by atoms with van der Waals surface area (Å²) in [4.78, 5) is 13.2. The van der Waals surface area contributed by atoms with Crippen LogP contribution in [0.1, 0.15) is 36.8 Å². The molecule has 0 spiro atoms. The van der Waals surface area contributed by atoms with Gasteiger partial charge in [-0.2, -0.15) is 0 Å². The molecule has 4 heteroatoms. The molecule has 4 rings (SSSR count). The first-order valence-electron chi connectivity index (χ1n) is 9.89. The largest absolute Gasteiger partial charge is 0.380 e. The number of aromatic nitrogens is 2. The van der Waals surface area contributed by atoms with Gasteiger partial charge in [-0.15, -0.1) is 0 Å². The summed E-state index contributed by atoms with van der Waals surface area (Å²) >= 11 is 0. The summed E-state index contributed by atoms with van der Waals surface area (Å²) in [6.45, 7) is 8.48. The molecule has 0 saturated carbocycles. The van der Waals surface area contributed by atoms with Crippen molar-refractivity contribution in [1.29, 1.82) is 0 Å². The van der Waals surface area contributed by atoms with Crippen molar-refractivity contribution in [3.8, 4) is 11.1 Å². The number of hydrogen-bond acceptors (Lipinski definition) is 2. The van der Waals surface area contributed by atoms with Crippen molar-refractivity contribution in [2.24, 2.45) is 7.05 Å². The Bertz CT molecular complexity index is 1190. The van der Waals surface area contributed by atoms with Crippen molar-refractivity contribution >= 4 is 22.5 Å². The van der Waals surface area contributed by atoms with Gasteiger partial charge in [0.15, 0.2) is 0 Å². The van der Waals surface area contributed by atoms with Gasteiger partial charge in [0.2, 0.25) is 0 Å². The van der Waals surface area contributed by atoms with Crippen molar-refractivity contribution in [1.82, 2.24) is 9.13 Å². The summed E-state index contributed by atoms with van der Waals surface area (Å²) in [7, 11) is 1.92. The first-order valence-corrected chi connectivity index (χ1v) is 9.89. The van der Waals surface area contributed by atoms with Crippen LogP contribution in [0.2, 0.25) is 0 Å². The SMILES string of the molecule is Cc1ccc2c(ccn2C(=O)c2cc(-c3ccc(NC(C)(C)C)cc3)cn2C)c1. The third-order valence-electron chi connectivity index (χ3n) is 5.03. The Balaban J connectivity index is 1.64. The van der Waals surface area contributed by atoms with Crippen molar-refractivity contribution in [2.75, 3.05) is 5.32 Å². The van der Waals surface area contributed by atoms with Crippen LogP contribution in [-0.2, 0) is 7.05 Å². The number of carbonyl (C=O) groups is 1. The van der Waals surface area contributed by atoms with E-state index in [1.165, 1.54) is 5.56 Å². The number of hydrogen-bond donors (Lipinski definition) is 1. The van der Waals surface area contributed by atoms with Crippen LogP contribution in [0.5, 0.6) is 0 Å². The molecule has 29 heavy (non-hydrogen) atoms. The minimum absolute atomic E-state index is 0.0198. The highest BCUT2D eigenvalue weighted by Crippen LogP contribution is 2.26. The molecular weight excluding hydrogens is 358 g/mol. The van der Waals surface area contributed by atoms with Gasteiger partial charge in [0.1, 0.15) is 5.69 Å². The third-order valence-corrected chi connectivity index (χ3v) is 5.03. The normalized spacial score (nSPS) is 11.8. The van der Waals surface area contributed by atoms with Crippen LogP contribution < -0.4 is 5.32 Å². The molecular formula is C25H27N3O. The molecule has 2 heterocycles. The fourth-order valence-corrected chi connectivity index (χ4v) is 3.68. The van der Waals surface area contributed by atoms with Crippen molar-refractivity contribution < 1.29 is 4.79 Å². The Morgan fingerprint density at radius 3 is 2.34 bits per heavy atom. The summed E-state index contributed by atoms with van der Waals surface area (Å²) in [6.07, 6.45) is 3.86. The topological polar surface area (TPSA) is 39.0 Å². The van der Waals surface area contributed by atoms with Gasteiger partial charge in [-0.1, -0.05) is 23.8 Å². The summed E-state index contributed by atoms with van der Waals surface area (Å²) in [6, 6.07) is 18.4. The summed E-state index contributed by atoms with van der Waals surface area (Å²) in [5, 5.41) is 4.55. The number of anilines is 1. The van der Waals surface area contributed by atoms with Gasteiger partial charge in [0.25, 0.3) is 5.91 Å². The average Bonchev–Trinajstić information content (AvgIpc) is 3.23. The maximum absolute atomic E-state index is 13.2. The molecule has 0 aliphatic carbocycles. The fourth-order valence-electron chi connectivity index (χ4n) is 3.68. The van der Waals surface area contributed by atoms with Crippen LogP contribution in [0.3, 0.4) is 0 Å². The zero-order valence-corrected chi connectivity index (χ0v) is 17.7. The lowest BCUT2D eigenvalue weighted by Crippen LogP contribution is -2.25. The Morgan fingerprint density at radius 1 is 0.931 bits per heavy atom. The zero-order chi connectivity index (χ0) is 20.8. The fraction of sp³-hybridized carbons (Fsp3) is 0.240. The third kappa shape index (κ3) is 3.83. The Morgan fingerprint density at radius 2 is 1.66 bits per heavy atom. The van der Waals surface area contributed by atoms with E-state index in [0.29, 0.717) is 5.69 Å². The van der Waals surface area contributed by atoms with Gasteiger partial charge in [0.05, 0.1) is 5.52 Å². The van der Waals surface area contributed by atoms with E-state index >= 15 is 0 Å². The highest BCUT2D eigenvalue weighted by Gasteiger charge is 2.17. The van der Waals surface area contributed by atoms with Gasteiger partial charge in [0, 0.05) is 41.6 Å². The van der Waals surface area contributed by atoms with E-state index < -0.39 is 0 Å². The van der Waals surface area contributed by atoms with E-state index in [1.807, 2.05) is 48.3 Å². The molecule has 0 aliphatic heterocycles. The quantitative estimate of drug-likeness (QED) is 0.480. The van der Waals surface area contributed by atoms with E-state index in [9.17, 15) is 4.79 Å². The zero-order valence-electron chi connectivity index (χ0n) is 17.7. The summed E-state index contributed by atoms with van der Waals surface area (Å²) in [5.74, 6) is -0.0244. The molecule has 148 valence electrons. The molecule has 4 nitrogen and oxygen atoms in total. The smallest absolute Gasteiger partial charge is 0.278 e. The number of benzene rings is 2. The Hall–Kier alpha value is -3.27. The van der Waals surface area contributed by atoms with Crippen molar-refractivity contribution in [2.45, 2.75) is 33.2 Å². The Kier molecular flexibility index (Phi) is 4.58. The van der Waals surface area contributed by atoms with E-state index in [2.05, 4.69) is 63.3 Å². The first-order chi connectivity index (χ1) is 13.7. The maximum Gasteiger partial charge on any atom is 0.278 e. The molecule has 0 aliphatic rings. The molecule has 0 saturated heterocycles. The summed E-state index contributed by atoms with van der Waals surface area (Å²) in [5.41, 5.74) is 6.01. The number of carbonyl (C=O) groups excluding carboxylic acids is 1. The lowest BCUT2D eigenvalue weighted by molar-refractivity contribution is 0.0957. The average molecular weight is 386 g/mol. The van der Waals surface area contributed by atoms with E-state index in [4.69, 9.17) is 0 Å². The Labute approximate surface area is 171 Å². The molecule has 4 aromatic rings. The van der Waals surface area contributed by atoms with Gasteiger partial charge >= 0.3 is 0 Å². The molecule has 1 N–H and O–H groups in total. The molecule has 0 atom stereocenters. The van der Waals surface area contributed by atoms with Crippen LogP contribution >= 0.6 is 0 Å². The van der Waals surface area contributed by atoms with E-state index in [0.717, 1.165) is 27.7 Å². The van der Waals surface area contributed by atoms with E-state index in [-0.39, 0.29) is 11.4 Å². The number of aryl methyl sites for hydroxylation is 2. The number of rotatable bonds is 3. The van der Waals surface area contributed by atoms with E-state index in [1.54, 1.807) is 4.57 Å². The minimum atomic E-state index is -0.0244. The predicted molar refractivity (Wildman–Crippen MR) is 121 cm³/mol. The van der Waals surface area contributed by atoms with Gasteiger partial charge in [-0.05, 0) is 69.7 Å². The lowest BCUT2D eigenvalue weighted by Gasteiger charge is -2.22. The van der Waals surface area contributed by atoms with Crippen LogP contribution in [0, 0.1) is 6.92 Å². The molecule has 0 unspecified atom stereocenters. The molecule has 0 bridgehead atoms. The molecule has 0 amide bonds. The van der Waals surface area contributed by atoms with Crippen LogP contribution in [-0.4, -0.2) is 20.6 Å². The van der Waals surface area contributed by atoms with Crippen molar-refractivity contribution in [3.05, 3.63) is 78.2 Å². The van der Waals surface area contributed by atoms with Crippen LogP contribution in [0.4, 0.5) is 5.69 Å². The molecule has 0 radical (unpaired) electrons. The number of nitrogens with zero attached hydrogens (tertiary/aromatic N) is 2. The second-order valence-electron chi connectivity index (χ2n) is 8.73. The first kappa shape index (κ1) is 19.1. The number of nitrogens with one attached hydrogen (secondary N) is 1. The number of fused-ring (bicyclic) bond motifs is 1. The molecule has 0 fully saturated rings. The second-order valence-corrected chi connectivity index (χ2v) is 8.73. The van der Waals surface area contributed by atoms with Gasteiger partial charge < -0.3 is 9.88 Å². The highest BCUT2D eigenvalue weighted by molar-refractivity contribution is 6.02. The maximum atomic E-state index is 13.2. The summed E-state index contributed by atoms with van der Waals surface area (Å²) < 4.78 is 3.63. The lowest BCUT2D eigenvalue weighted by atomic mass is 10.1. The van der Waals surface area contributed by atoms with Gasteiger partial charge in [-0.3, -0.25) is 9.36 Å². The minimum Gasteiger partial charge on any atom is -0.380 e. The van der Waals surface area contributed by atoms with Crippen molar-refractivity contribution in [3.63, 3.8) is 0 Å². The van der Waals surface area contributed by atoms with Gasteiger partial charge in [-0.25, -0.2) is 0 Å². The monoisotopic (exact) mass is 385 g/mol. The standard InChI is InChI=1S/C25H27N3O/c1-17-6-11-22-19(14-17)12-13-28(22)24(29)23-15-20(16-27(23)5)18-7-9-21(10-8-18)26-25(2,3)4/h6-16,26H,1-5H3.